The van der Waals surface area contributed by atoms with Crippen LogP contribution in [0, 0.1) is 0 Å². The van der Waals surface area contributed by atoms with Crippen LogP contribution in [0.4, 0.5) is 0 Å². The van der Waals surface area contributed by atoms with Crippen molar-refractivity contribution in [1.29, 1.82) is 0 Å². The number of aliphatic hydroxyl groups excluding tert-OH is 1. The fourth-order valence-electron chi connectivity index (χ4n) is 4.61. The number of rotatable bonds is 3. The zero-order valence-electron chi connectivity index (χ0n) is 17.0. The Balaban J connectivity index is 1.59. The van der Waals surface area contributed by atoms with E-state index in [4.69, 9.17) is 37.4 Å². The van der Waals surface area contributed by atoms with E-state index in [1.54, 1.807) is 35.0 Å². The van der Waals surface area contributed by atoms with Crippen LogP contribution in [-0.4, -0.2) is 43.2 Å². The van der Waals surface area contributed by atoms with Gasteiger partial charge in [0.25, 0.3) is 5.56 Å². The van der Waals surface area contributed by atoms with Crippen LogP contribution in [0.5, 0.6) is 0 Å². The molecule has 4 heterocycles. The van der Waals surface area contributed by atoms with Gasteiger partial charge in [-0.25, -0.2) is 4.98 Å². The van der Waals surface area contributed by atoms with Crippen molar-refractivity contribution in [1.82, 2.24) is 14.5 Å². The molecule has 31 heavy (non-hydrogen) atoms. The standard InChI is InChI=1S/C21H21Cl2N3O5/c1-20(2)30-16-19(26-7-6-11-17(26)24-9-25-18(11)28)29-15(21(16,3)31-20)14(27)10-4-5-12(22)13(23)8-10/h4-9,14-16,19,27H,1-3H3,(H,24,25,28)/t14-,15-,16+,19-,21-/m1/s1. The molecule has 0 aliphatic carbocycles. The van der Waals surface area contributed by atoms with Gasteiger partial charge in [-0.15, -0.1) is 0 Å². The lowest BCUT2D eigenvalue weighted by molar-refractivity contribution is -0.223. The van der Waals surface area contributed by atoms with Crippen LogP contribution in [0.25, 0.3) is 11.0 Å². The average Bonchev–Trinajstić information content (AvgIpc) is 3.31. The molecule has 0 unspecified atom stereocenters. The zero-order valence-corrected chi connectivity index (χ0v) is 18.5. The molecule has 3 aromatic rings. The van der Waals surface area contributed by atoms with Crippen molar-refractivity contribution in [2.24, 2.45) is 0 Å². The van der Waals surface area contributed by atoms with Crippen LogP contribution >= 0.6 is 23.2 Å². The summed E-state index contributed by atoms with van der Waals surface area (Å²) in [5.41, 5.74) is -0.243. The minimum absolute atomic E-state index is 0.249. The average molecular weight is 466 g/mol. The molecule has 0 spiro atoms. The van der Waals surface area contributed by atoms with Gasteiger partial charge in [0.1, 0.15) is 29.6 Å². The molecule has 2 aliphatic heterocycles. The van der Waals surface area contributed by atoms with E-state index >= 15 is 0 Å². The summed E-state index contributed by atoms with van der Waals surface area (Å²) in [4.78, 5) is 19.0. The van der Waals surface area contributed by atoms with E-state index in [1.165, 1.54) is 6.33 Å². The van der Waals surface area contributed by atoms with Gasteiger partial charge in [-0.3, -0.25) is 4.79 Å². The molecule has 0 bridgehead atoms. The number of fused-ring (bicyclic) bond motifs is 2. The Morgan fingerprint density at radius 2 is 2.00 bits per heavy atom. The normalized spacial score (nSPS) is 30.6. The lowest BCUT2D eigenvalue weighted by atomic mass is 9.88. The fraction of sp³-hybridized carbons (Fsp3) is 0.429. The van der Waals surface area contributed by atoms with Gasteiger partial charge in [-0.05, 0) is 44.5 Å². The second kappa shape index (κ2) is 7.03. The summed E-state index contributed by atoms with van der Waals surface area (Å²) in [6.07, 6.45) is -0.0417. The largest absolute Gasteiger partial charge is 0.386 e. The monoisotopic (exact) mass is 465 g/mol. The first kappa shape index (κ1) is 20.9. The van der Waals surface area contributed by atoms with Gasteiger partial charge in [-0.1, -0.05) is 29.3 Å². The van der Waals surface area contributed by atoms with Crippen molar-refractivity contribution in [3.05, 3.63) is 62.8 Å². The minimum Gasteiger partial charge on any atom is -0.386 e. The third-order valence-electron chi connectivity index (χ3n) is 5.91. The van der Waals surface area contributed by atoms with Crippen molar-refractivity contribution in [2.45, 2.75) is 56.7 Å². The van der Waals surface area contributed by atoms with Gasteiger partial charge < -0.3 is 28.9 Å². The molecular weight excluding hydrogens is 445 g/mol. The van der Waals surface area contributed by atoms with Crippen LogP contribution < -0.4 is 5.56 Å². The van der Waals surface area contributed by atoms with Crippen molar-refractivity contribution in [3.63, 3.8) is 0 Å². The lowest BCUT2D eigenvalue weighted by Crippen LogP contribution is -2.46. The molecule has 5 rings (SSSR count). The summed E-state index contributed by atoms with van der Waals surface area (Å²) in [5, 5.41) is 12.4. The SMILES string of the molecule is CC1(C)O[C@H]2[C@H](n3ccc4c(=O)[nH]cnc43)O[C@H]([C@H](O)c3ccc(Cl)c(Cl)c3)[C@@]2(C)O1. The number of hydrogen-bond acceptors (Lipinski definition) is 6. The van der Waals surface area contributed by atoms with E-state index in [-0.39, 0.29) is 5.56 Å². The van der Waals surface area contributed by atoms with Gasteiger partial charge in [0.2, 0.25) is 0 Å². The highest BCUT2D eigenvalue weighted by molar-refractivity contribution is 6.42. The van der Waals surface area contributed by atoms with Gasteiger partial charge in [0.05, 0.1) is 21.8 Å². The third kappa shape index (κ3) is 3.21. The summed E-state index contributed by atoms with van der Waals surface area (Å²) in [7, 11) is 0. The maximum atomic E-state index is 12.1. The molecule has 2 fully saturated rings. The van der Waals surface area contributed by atoms with E-state index in [1.807, 2.05) is 20.8 Å². The van der Waals surface area contributed by atoms with E-state index in [0.29, 0.717) is 26.6 Å². The second-order valence-electron chi connectivity index (χ2n) is 8.48. The predicted molar refractivity (Wildman–Crippen MR) is 114 cm³/mol. The highest BCUT2D eigenvalue weighted by Crippen LogP contribution is 2.53. The number of aliphatic hydroxyl groups is 1. The summed E-state index contributed by atoms with van der Waals surface area (Å²) in [5.74, 6) is -0.898. The van der Waals surface area contributed by atoms with Gasteiger partial charge in [0.15, 0.2) is 12.0 Å². The predicted octanol–water partition coefficient (Wildman–Crippen LogP) is 3.57. The smallest absolute Gasteiger partial charge is 0.260 e. The van der Waals surface area contributed by atoms with Crippen LogP contribution in [0.2, 0.25) is 10.0 Å². The Morgan fingerprint density at radius 1 is 1.23 bits per heavy atom. The summed E-state index contributed by atoms with van der Waals surface area (Å²) < 4.78 is 20.6. The molecule has 2 aromatic heterocycles. The number of ether oxygens (including phenoxy) is 3. The van der Waals surface area contributed by atoms with Crippen molar-refractivity contribution in [3.8, 4) is 0 Å². The molecule has 10 heteroatoms. The van der Waals surface area contributed by atoms with Crippen LogP contribution in [0.15, 0.2) is 41.6 Å². The van der Waals surface area contributed by atoms with Crippen molar-refractivity contribution in [2.75, 3.05) is 0 Å². The second-order valence-corrected chi connectivity index (χ2v) is 9.30. The Hall–Kier alpha value is -1.94. The number of hydrogen-bond donors (Lipinski definition) is 2. The Morgan fingerprint density at radius 3 is 2.74 bits per heavy atom. The highest BCUT2D eigenvalue weighted by Gasteiger charge is 2.65. The molecule has 0 radical (unpaired) electrons. The number of benzene rings is 1. The molecule has 1 aromatic carbocycles. The summed E-state index contributed by atoms with van der Waals surface area (Å²) in [6.45, 7) is 5.48. The topological polar surface area (TPSA) is 98.6 Å². The first-order chi connectivity index (χ1) is 14.6. The maximum absolute atomic E-state index is 12.1. The van der Waals surface area contributed by atoms with Gasteiger partial charge >= 0.3 is 0 Å². The third-order valence-corrected chi connectivity index (χ3v) is 6.65. The van der Waals surface area contributed by atoms with Gasteiger partial charge in [-0.2, -0.15) is 0 Å². The molecule has 2 saturated heterocycles. The molecule has 2 N–H and O–H groups in total. The van der Waals surface area contributed by atoms with Crippen LogP contribution in [0.1, 0.15) is 38.7 Å². The van der Waals surface area contributed by atoms with Gasteiger partial charge in [0, 0.05) is 6.20 Å². The molecule has 5 atom stereocenters. The van der Waals surface area contributed by atoms with E-state index in [9.17, 15) is 9.90 Å². The number of nitrogens with one attached hydrogen (secondary N) is 1. The highest BCUT2D eigenvalue weighted by atomic mass is 35.5. The fourth-order valence-corrected chi connectivity index (χ4v) is 4.92. The quantitative estimate of drug-likeness (QED) is 0.613. The number of halogens is 2. The summed E-state index contributed by atoms with van der Waals surface area (Å²) >= 11 is 12.2. The Bertz CT molecular complexity index is 1230. The molecule has 2 aliphatic rings. The van der Waals surface area contributed by atoms with Crippen LogP contribution in [0.3, 0.4) is 0 Å². The van der Waals surface area contributed by atoms with E-state index in [0.717, 1.165) is 0 Å². The number of H-pyrrole nitrogens is 1. The molecule has 0 saturated carbocycles. The Labute approximate surface area is 187 Å². The minimum atomic E-state index is -1.07. The van der Waals surface area contributed by atoms with Crippen molar-refractivity contribution >= 4 is 34.2 Å². The lowest BCUT2D eigenvalue weighted by Gasteiger charge is -2.32. The molecular formula is C21H21Cl2N3O5. The maximum Gasteiger partial charge on any atom is 0.260 e. The molecule has 164 valence electrons. The number of nitrogens with zero attached hydrogens (tertiary/aromatic N) is 2. The van der Waals surface area contributed by atoms with Crippen molar-refractivity contribution < 1.29 is 19.3 Å². The number of aromatic nitrogens is 3. The van der Waals surface area contributed by atoms with Crippen LogP contribution in [-0.2, 0) is 14.2 Å². The Kier molecular flexibility index (Phi) is 4.75. The molecule has 0 amide bonds. The molecule has 8 nitrogen and oxygen atoms in total. The summed E-state index contributed by atoms with van der Waals surface area (Å²) in [6, 6.07) is 6.60. The van der Waals surface area contributed by atoms with E-state index < -0.39 is 35.9 Å². The first-order valence-corrected chi connectivity index (χ1v) is 10.6. The first-order valence-electron chi connectivity index (χ1n) is 9.81. The number of aromatic amines is 1. The zero-order chi connectivity index (χ0) is 22.1. The van der Waals surface area contributed by atoms with E-state index in [2.05, 4.69) is 9.97 Å².